The molecule has 0 bridgehead atoms. The van der Waals surface area contributed by atoms with E-state index in [1.165, 1.54) is 17.7 Å². The van der Waals surface area contributed by atoms with Gasteiger partial charge in [-0.05, 0) is 43.5 Å². The van der Waals surface area contributed by atoms with Gasteiger partial charge in [0.1, 0.15) is 17.0 Å². The van der Waals surface area contributed by atoms with Crippen molar-refractivity contribution in [2.75, 3.05) is 32.6 Å². The molecule has 2 N–H and O–H groups in total. The molecule has 148 valence electrons. The van der Waals surface area contributed by atoms with Gasteiger partial charge in [-0.3, -0.25) is 4.79 Å². The first-order valence-corrected chi connectivity index (χ1v) is 9.87. The molecule has 0 atom stereocenters. The third kappa shape index (κ3) is 4.01. The Morgan fingerprint density at radius 2 is 1.96 bits per heavy atom. The van der Waals surface area contributed by atoms with E-state index in [0.717, 1.165) is 33.6 Å². The molecule has 8 heteroatoms. The van der Waals surface area contributed by atoms with Crippen LogP contribution in [0.1, 0.15) is 27.7 Å². The lowest BCUT2D eigenvalue weighted by Crippen LogP contribution is -2.22. The van der Waals surface area contributed by atoms with Crippen LogP contribution in [0.2, 0.25) is 0 Å². The summed E-state index contributed by atoms with van der Waals surface area (Å²) in [6.45, 7) is 5.12. The van der Waals surface area contributed by atoms with E-state index in [1.807, 2.05) is 32.0 Å². The van der Waals surface area contributed by atoms with Crippen LogP contribution in [0, 0.1) is 6.92 Å². The number of benzene rings is 1. The second-order valence-electron chi connectivity index (χ2n) is 6.18. The Morgan fingerprint density at radius 3 is 2.68 bits per heavy atom. The molecule has 1 amide bonds. The van der Waals surface area contributed by atoms with Gasteiger partial charge in [0, 0.05) is 13.1 Å². The third-order valence-corrected chi connectivity index (χ3v) is 5.62. The van der Waals surface area contributed by atoms with E-state index in [2.05, 4.69) is 20.6 Å². The maximum Gasteiger partial charge on any atom is 0.261 e. The number of thiophene rings is 1. The highest BCUT2D eigenvalue weighted by Gasteiger charge is 2.18. The molecule has 2 heterocycles. The van der Waals surface area contributed by atoms with Crippen LogP contribution < -0.4 is 20.1 Å². The fourth-order valence-electron chi connectivity index (χ4n) is 3.02. The van der Waals surface area contributed by atoms with E-state index in [1.54, 1.807) is 14.2 Å². The highest BCUT2D eigenvalue weighted by atomic mass is 32.1. The van der Waals surface area contributed by atoms with E-state index < -0.39 is 0 Å². The molecule has 0 saturated carbocycles. The van der Waals surface area contributed by atoms with Crippen molar-refractivity contribution in [3.63, 3.8) is 0 Å². The minimum Gasteiger partial charge on any atom is -0.493 e. The average Bonchev–Trinajstić information content (AvgIpc) is 3.05. The number of amides is 1. The standard InChI is InChI=1S/C20H24N4O3S/c1-5-21-19(25)17-12(2)16-18(23-11-24-20(16)28-17)22-9-8-13-6-7-14(26-3)15(10-13)27-4/h6-7,10-11H,5,8-9H2,1-4H3,(H,21,25)(H,22,23,24). The molecule has 0 unspecified atom stereocenters. The highest BCUT2D eigenvalue weighted by molar-refractivity contribution is 7.20. The van der Waals surface area contributed by atoms with Crippen LogP contribution in [-0.2, 0) is 6.42 Å². The summed E-state index contributed by atoms with van der Waals surface area (Å²) >= 11 is 1.39. The molecule has 0 aliphatic rings. The lowest BCUT2D eigenvalue weighted by molar-refractivity contribution is 0.0959. The van der Waals surface area contributed by atoms with Crippen molar-refractivity contribution >= 4 is 33.3 Å². The number of hydrogen-bond donors (Lipinski definition) is 2. The minimum atomic E-state index is -0.0701. The molecule has 28 heavy (non-hydrogen) atoms. The second-order valence-corrected chi connectivity index (χ2v) is 7.18. The maximum absolute atomic E-state index is 12.3. The van der Waals surface area contributed by atoms with Gasteiger partial charge in [0.05, 0.1) is 24.5 Å². The van der Waals surface area contributed by atoms with Crippen molar-refractivity contribution in [2.45, 2.75) is 20.3 Å². The fourth-order valence-corrected chi connectivity index (χ4v) is 4.09. The maximum atomic E-state index is 12.3. The minimum absolute atomic E-state index is 0.0701. The number of nitrogens with zero attached hydrogens (tertiary/aromatic N) is 2. The molecule has 2 aromatic heterocycles. The summed E-state index contributed by atoms with van der Waals surface area (Å²) in [4.78, 5) is 22.5. The number of anilines is 1. The number of methoxy groups -OCH3 is 2. The number of hydrogen-bond acceptors (Lipinski definition) is 7. The average molecular weight is 401 g/mol. The first-order chi connectivity index (χ1) is 13.6. The van der Waals surface area contributed by atoms with Gasteiger partial charge in [-0.2, -0.15) is 0 Å². The Morgan fingerprint density at radius 1 is 1.18 bits per heavy atom. The number of rotatable bonds is 8. The number of aryl methyl sites for hydroxylation is 1. The topological polar surface area (TPSA) is 85.4 Å². The molecule has 0 aliphatic heterocycles. The molecule has 3 aromatic rings. The lowest BCUT2D eigenvalue weighted by atomic mass is 10.1. The number of ether oxygens (including phenoxy) is 2. The third-order valence-electron chi connectivity index (χ3n) is 4.42. The lowest BCUT2D eigenvalue weighted by Gasteiger charge is -2.11. The Hall–Kier alpha value is -2.87. The largest absolute Gasteiger partial charge is 0.493 e. The Balaban J connectivity index is 1.77. The first-order valence-electron chi connectivity index (χ1n) is 9.06. The first kappa shape index (κ1) is 19.9. The Kier molecular flexibility index (Phi) is 6.30. The summed E-state index contributed by atoms with van der Waals surface area (Å²) in [5, 5.41) is 7.13. The molecular weight excluding hydrogens is 376 g/mol. The van der Waals surface area contributed by atoms with Crippen molar-refractivity contribution in [3.8, 4) is 11.5 Å². The van der Waals surface area contributed by atoms with Gasteiger partial charge in [0.2, 0.25) is 0 Å². The summed E-state index contributed by atoms with van der Waals surface area (Å²) in [5.74, 6) is 2.10. The SMILES string of the molecule is CCNC(=O)c1sc2ncnc(NCCc3ccc(OC)c(OC)c3)c2c1C. The number of nitrogens with one attached hydrogen (secondary N) is 2. The summed E-state index contributed by atoms with van der Waals surface area (Å²) < 4.78 is 10.6. The zero-order chi connectivity index (χ0) is 20.1. The molecule has 0 spiro atoms. The summed E-state index contributed by atoms with van der Waals surface area (Å²) in [6.07, 6.45) is 2.32. The van der Waals surface area contributed by atoms with Crippen LogP contribution in [0.5, 0.6) is 11.5 Å². The summed E-state index contributed by atoms with van der Waals surface area (Å²) in [6, 6.07) is 5.89. The normalized spacial score (nSPS) is 10.7. The predicted octanol–water partition coefficient (Wildman–Crippen LogP) is 3.42. The number of fused-ring (bicyclic) bond motifs is 1. The van der Waals surface area contributed by atoms with E-state index in [0.29, 0.717) is 29.5 Å². The van der Waals surface area contributed by atoms with Crippen molar-refractivity contribution in [2.24, 2.45) is 0 Å². The van der Waals surface area contributed by atoms with Crippen LogP contribution in [0.25, 0.3) is 10.2 Å². The van der Waals surface area contributed by atoms with Crippen molar-refractivity contribution in [1.82, 2.24) is 15.3 Å². The molecule has 0 saturated heterocycles. The fraction of sp³-hybridized carbons (Fsp3) is 0.350. The smallest absolute Gasteiger partial charge is 0.261 e. The molecule has 7 nitrogen and oxygen atoms in total. The summed E-state index contributed by atoms with van der Waals surface area (Å²) in [5.41, 5.74) is 2.03. The highest BCUT2D eigenvalue weighted by Crippen LogP contribution is 2.33. The zero-order valence-corrected chi connectivity index (χ0v) is 17.3. The molecular formula is C20H24N4O3S. The van der Waals surface area contributed by atoms with Crippen molar-refractivity contribution in [3.05, 3.63) is 40.5 Å². The van der Waals surface area contributed by atoms with E-state index in [-0.39, 0.29) is 5.91 Å². The van der Waals surface area contributed by atoms with Crippen LogP contribution in [-0.4, -0.2) is 43.2 Å². The zero-order valence-electron chi connectivity index (χ0n) is 16.5. The van der Waals surface area contributed by atoms with E-state index in [4.69, 9.17) is 9.47 Å². The molecule has 1 aromatic carbocycles. The van der Waals surface area contributed by atoms with E-state index in [9.17, 15) is 4.79 Å². The van der Waals surface area contributed by atoms with Gasteiger partial charge in [-0.15, -0.1) is 11.3 Å². The van der Waals surface area contributed by atoms with Crippen molar-refractivity contribution < 1.29 is 14.3 Å². The van der Waals surface area contributed by atoms with Gasteiger partial charge in [0.15, 0.2) is 11.5 Å². The second kappa shape index (κ2) is 8.88. The Labute approximate surface area is 168 Å². The number of carbonyl (C=O) groups is 1. The van der Waals surface area contributed by atoms with Gasteiger partial charge < -0.3 is 20.1 Å². The predicted molar refractivity (Wildman–Crippen MR) is 112 cm³/mol. The molecule has 0 fully saturated rings. The van der Waals surface area contributed by atoms with Crippen molar-refractivity contribution in [1.29, 1.82) is 0 Å². The van der Waals surface area contributed by atoms with Crippen LogP contribution in [0.15, 0.2) is 24.5 Å². The van der Waals surface area contributed by atoms with Crippen LogP contribution in [0.4, 0.5) is 5.82 Å². The van der Waals surface area contributed by atoms with E-state index >= 15 is 0 Å². The number of carbonyl (C=O) groups excluding carboxylic acids is 1. The van der Waals surface area contributed by atoms with Crippen LogP contribution >= 0.6 is 11.3 Å². The van der Waals surface area contributed by atoms with Gasteiger partial charge in [-0.25, -0.2) is 9.97 Å². The van der Waals surface area contributed by atoms with Gasteiger partial charge in [-0.1, -0.05) is 6.07 Å². The van der Waals surface area contributed by atoms with Crippen LogP contribution in [0.3, 0.4) is 0 Å². The monoisotopic (exact) mass is 400 g/mol. The number of aromatic nitrogens is 2. The summed E-state index contributed by atoms with van der Waals surface area (Å²) in [7, 11) is 3.25. The Bertz CT molecular complexity index is 987. The van der Waals surface area contributed by atoms with Gasteiger partial charge >= 0.3 is 0 Å². The quantitative estimate of drug-likeness (QED) is 0.603. The van der Waals surface area contributed by atoms with Gasteiger partial charge in [0.25, 0.3) is 5.91 Å². The molecule has 3 rings (SSSR count). The molecule has 0 aliphatic carbocycles. The molecule has 0 radical (unpaired) electrons.